The van der Waals surface area contributed by atoms with E-state index in [9.17, 15) is 4.79 Å². The highest BCUT2D eigenvalue weighted by Gasteiger charge is 2.14. The van der Waals surface area contributed by atoms with E-state index >= 15 is 0 Å². The van der Waals surface area contributed by atoms with Gasteiger partial charge in [-0.05, 0) is 19.4 Å². The number of aliphatic hydroxyl groups excluding tert-OH is 1. The molecule has 0 saturated carbocycles. The Morgan fingerprint density at radius 3 is 2.89 bits per heavy atom. The molecule has 0 saturated heterocycles. The minimum atomic E-state index is 0.0742. The van der Waals surface area contributed by atoms with Crippen molar-refractivity contribution in [3.05, 3.63) is 21.9 Å². The molecule has 0 bridgehead atoms. The second kappa shape index (κ2) is 8.73. The third kappa shape index (κ3) is 5.06. The molecule has 0 atom stereocenters. The fourth-order valence-corrected chi connectivity index (χ4v) is 2.40. The molecule has 0 radical (unpaired) electrons. The summed E-state index contributed by atoms with van der Waals surface area (Å²) in [5.74, 6) is 5.91. The first-order valence-electron chi connectivity index (χ1n) is 6.70. The normalized spacial score (nSPS) is 9.84. The summed E-state index contributed by atoms with van der Waals surface area (Å²) >= 11 is 1.48. The van der Waals surface area contributed by atoms with Gasteiger partial charge in [0.25, 0.3) is 5.91 Å². The molecule has 1 N–H and O–H groups in total. The van der Waals surface area contributed by atoms with Crippen molar-refractivity contribution in [2.75, 3.05) is 19.7 Å². The van der Waals surface area contributed by atoms with E-state index in [1.54, 1.807) is 0 Å². The van der Waals surface area contributed by atoms with Crippen molar-refractivity contribution in [2.24, 2.45) is 0 Å². The van der Waals surface area contributed by atoms with Crippen LogP contribution in [0.2, 0.25) is 0 Å². The summed E-state index contributed by atoms with van der Waals surface area (Å²) in [4.78, 5) is 15.0. The van der Waals surface area contributed by atoms with Gasteiger partial charge in [-0.3, -0.25) is 4.79 Å². The first-order valence-corrected chi connectivity index (χ1v) is 7.58. The molecule has 19 heavy (non-hydrogen) atoms. The second-order valence-electron chi connectivity index (χ2n) is 4.21. The van der Waals surface area contributed by atoms with Crippen LogP contribution in [0.25, 0.3) is 0 Å². The molecule has 0 spiro atoms. The SMILES string of the molecule is CCCCN(CC)C(=O)c1csc(C#CCCO)c1. The van der Waals surface area contributed by atoms with E-state index in [0.717, 1.165) is 36.4 Å². The number of nitrogens with zero attached hydrogens (tertiary/aromatic N) is 1. The Balaban J connectivity index is 2.69. The lowest BCUT2D eigenvalue weighted by Crippen LogP contribution is -2.31. The van der Waals surface area contributed by atoms with E-state index in [0.29, 0.717) is 6.42 Å². The Hall–Kier alpha value is -1.31. The molecule has 1 aromatic heterocycles. The molecular weight excluding hydrogens is 258 g/mol. The Labute approximate surface area is 119 Å². The van der Waals surface area contributed by atoms with Crippen molar-refractivity contribution < 1.29 is 9.90 Å². The smallest absolute Gasteiger partial charge is 0.254 e. The van der Waals surface area contributed by atoms with Gasteiger partial charge in [-0.1, -0.05) is 25.2 Å². The number of carbonyl (C=O) groups excluding carboxylic acids is 1. The van der Waals surface area contributed by atoms with E-state index in [-0.39, 0.29) is 12.5 Å². The number of amides is 1. The molecule has 0 fully saturated rings. The molecular formula is C15H21NO2S. The van der Waals surface area contributed by atoms with Gasteiger partial charge in [-0.25, -0.2) is 0 Å². The number of aliphatic hydroxyl groups is 1. The van der Waals surface area contributed by atoms with Gasteiger partial charge in [0, 0.05) is 24.9 Å². The highest BCUT2D eigenvalue weighted by molar-refractivity contribution is 7.10. The van der Waals surface area contributed by atoms with Crippen molar-refractivity contribution in [1.29, 1.82) is 0 Å². The van der Waals surface area contributed by atoms with Crippen molar-refractivity contribution in [1.82, 2.24) is 4.90 Å². The summed E-state index contributed by atoms with van der Waals surface area (Å²) in [6.07, 6.45) is 2.59. The lowest BCUT2D eigenvalue weighted by Gasteiger charge is -2.19. The first kappa shape index (κ1) is 15.7. The molecule has 4 heteroatoms. The summed E-state index contributed by atoms with van der Waals surface area (Å²) in [7, 11) is 0. The lowest BCUT2D eigenvalue weighted by molar-refractivity contribution is 0.0763. The molecule has 0 aliphatic heterocycles. The van der Waals surface area contributed by atoms with Gasteiger partial charge in [-0.2, -0.15) is 0 Å². The van der Waals surface area contributed by atoms with Gasteiger partial charge in [0.05, 0.1) is 17.0 Å². The third-order valence-electron chi connectivity index (χ3n) is 2.75. The van der Waals surface area contributed by atoms with E-state index in [1.807, 2.05) is 23.3 Å². The minimum absolute atomic E-state index is 0.0742. The highest BCUT2D eigenvalue weighted by atomic mass is 32.1. The van der Waals surface area contributed by atoms with Crippen LogP contribution in [0.4, 0.5) is 0 Å². The molecule has 0 aliphatic rings. The van der Waals surface area contributed by atoms with Gasteiger partial charge < -0.3 is 10.0 Å². The van der Waals surface area contributed by atoms with Gasteiger partial charge in [0.1, 0.15) is 0 Å². The molecule has 1 aromatic rings. The highest BCUT2D eigenvalue weighted by Crippen LogP contribution is 2.16. The molecule has 1 amide bonds. The van der Waals surface area contributed by atoms with Crippen LogP contribution in [0, 0.1) is 11.8 Å². The Morgan fingerprint density at radius 2 is 2.26 bits per heavy atom. The average molecular weight is 279 g/mol. The summed E-state index contributed by atoms with van der Waals surface area (Å²) in [5, 5.41) is 10.5. The maximum Gasteiger partial charge on any atom is 0.254 e. The molecule has 104 valence electrons. The summed E-state index contributed by atoms with van der Waals surface area (Å²) in [6, 6.07) is 1.84. The lowest BCUT2D eigenvalue weighted by atomic mass is 10.2. The van der Waals surface area contributed by atoms with Crippen LogP contribution >= 0.6 is 11.3 Å². The van der Waals surface area contributed by atoms with Gasteiger partial charge in [-0.15, -0.1) is 11.3 Å². The molecule has 1 heterocycles. The third-order valence-corrected chi connectivity index (χ3v) is 3.59. The predicted octanol–water partition coefficient (Wildman–Crippen LogP) is 2.74. The van der Waals surface area contributed by atoms with Crippen LogP contribution in [0.1, 0.15) is 48.3 Å². The molecule has 3 nitrogen and oxygen atoms in total. The van der Waals surface area contributed by atoms with Crippen molar-refractivity contribution >= 4 is 17.2 Å². The van der Waals surface area contributed by atoms with Crippen LogP contribution in [0.5, 0.6) is 0 Å². The zero-order valence-electron chi connectivity index (χ0n) is 11.6. The van der Waals surface area contributed by atoms with Crippen LogP contribution < -0.4 is 0 Å². The molecule has 0 aromatic carbocycles. The predicted molar refractivity (Wildman–Crippen MR) is 79.4 cm³/mol. The maximum atomic E-state index is 12.3. The van der Waals surface area contributed by atoms with Gasteiger partial charge in [0.2, 0.25) is 0 Å². The van der Waals surface area contributed by atoms with Gasteiger partial charge >= 0.3 is 0 Å². The van der Waals surface area contributed by atoms with Crippen LogP contribution in [0.15, 0.2) is 11.4 Å². The summed E-state index contributed by atoms with van der Waals surface area (Å²) in [5.41, 5.74) is 0.719. The first-order chi connectivity index (χ1) is 9.22. The number of hydrogen-bond donors (Lipinski definition) is 1. The maximum absolute atomic E-state index is 12.3. The zero-order valence-corrected chi connectivity index (χ0v) is 12.4. The van der Waals surface area contributed by atoms with E-state index in [4.69, 9.17) is 5.11 Å². The summed E-state index contributed by atoms with van der Waals surface area (Å²) in [6.45, 7) is 5.75. The summed E-state index contributed by atoms with van der Waals surface area (Å²) < 4.78 is 0. The molecule has 0 aliphatic carbocycles. The largest absolute Gasteiger partial charge is 0.395 e. The minimum Gasteiger partial charge on any atom is -0.395 e. The molecule has 1 rings (SSSR count). The fraction of sp³-hybridized carbons (Fsp3) is 0.533. The fourth-order valence-electron chi connectivity index (χ4n) is 1.65. The van der Waals surface area contributed by atoms with Gasteiger partial charge in [0.15, 0.2) is 0 Å². The zero-order chi connectivity index (χ0) is 14.1. The number of unbranched alkanes of at least 4 members (excludes halogenated alkanes) is 1. The second-order valence-corrected chi connectivity index (χ2v) is 5.12. The number of hydrogen-bond acceptors (Lipinski definition) is 3. The van der Waals surface area contributed by atoms with Crippen LogP contribution in [-0.2, 0) is 0 Å². The topological polar surface area (TPSA) is 40.5 Å². The van der Waals surface area contributed by atoms with Crippen molar-refractivity contribution in [3.63, 3.8) is 0 Å². The van der Waals surface area contributed by atoms with Crippen molar-refractivity contribution in [3.8, 4) is 11.8 Å². The number of carbonyl (C=O) groups is 1. The number of rotatable bonds is 6. The molecule has 0 unspecified atom stereocenters. The monoisotopic (exact) mass is 279 g/mol. The van der Waals surface area contributed by atoms with Crippen LogP contribution in [0.3, 0.4) is 0 Å². The Bertz CT molecular complexity index is 456. The van der Waals surface area contributed by atoms with Crippen molar-refractivity contribution in [2.45, 2.75) is 33.1 Å². The van der Waals surface area contributed by atoms with E-state index < -0.39 is 0 Å². The quantitative estimate of drug-likeness (QED) is 0.813. The van der Waals surface area contributed by atoms with E-state index in [1.165, 1.54) is 11.3 Å². The Kier molecular flexibility index (Phi) is 7.24. The van der Waals surface area contributed by atoms with E-state index in [2.05, 4.69) is 18.8 Å². The number of thiophene rings is 1. The standard InChI is InChI=1S/C15H21NO2S/c1-3-5-9-16(4-2)15(18)13-11-14(19-12-13)8-6-7-10-17/h11-12,17H,3-5,7,9-10H2,1-2H3. The Morgan fingerprint density at radius 1 is 1.47 bits per heavy atom. The average Bonchev–Trinajstić information content (AvgIpc) is 2.88. The van der Waals surface area contributed by atoms with Crippen LogP contribution in [-0.4, -0.2) is 35.6 Å².